The summed E-state index contributed by atoms with van der Waals surface area (Å²) in [7, 11) is 4.50. The van der Waals surface area contributed by atoms with E-state index in [4.69, 9.17) is 34.9 Å². The Labute approximate surface area is 156 Å². The van der Waals surface area contributed by atoms with Crippen molar-refractivity contribution in [1.29, 1.82) is 0 Å². The maximum atomic E-state index is 11.5. The maximum absolute atomic E-state index is 11.5. The van der Waals surface area contributed by atoms with E-state index in [0.29, 0.717) is 36.8 Å². The van der Waals surface area contributed by atoms with Crippen molar-refractivity contribution < 1.29 is 28.1 Å². The molecule has 0 amide bonds. The highest BCUT2D eigenvalue weighted by atomic mass is 35.5. The first kappa shape index (κ1) is 19.3. The molecule has 7 atom stereocenters. The monoisotopic (exact) mass is 406 g/mol. The molecule has 1 saturated carbocycles. The predicted molar refractivity (Wildman–Crippen MR) is 98.5 cm³/mol. The molecule has 0 N–H and O–H groups in total. The lowest BCUT2D eigenvalue weighted by Crippen LogP contribution is -2.34. The molecule has 1 aliphatic heterocycles. The molecule has 9 heteroatoms. The van der Waals surface area contributed by atoms with Gasteiger partial charge in [0.2, 0.25) is 0 Å². The fourth-order valence-electron chi connectivity index (χ4n) is 3.27. The minimum Gasteiger partial charge on any atom is -0.491 e. The number of fused-ring (bicyclic) bond motifs is 1. The predicted octanol–water partition coefficient (Wildman–Crippen LogP) is 2.79. The van der Waals surface area contributed by atoms with Crippen LogP contribution in [0.15, 0.2) is 24.3 Å². The van der Waals surface area contributed by atoms with Crippen molar-refractivity contribution in [2.45, 2.75) is 37.3 Å². The van der Waals surface area contributed by atoms with Gasteiger partial charge in [0.1, 0.15) is 24.6 Å². The number of benzene rings is 1. The smallest absolute Gasteiger partial charge is 0.306 e. The van der Waals surface area contributed by atoms with Gasteiger partial charge in [-0.3, -0.25) is 4.79 Å². The normalized spacial score (nSPS) is 29.3. The van der Waals surface area contributed by atoms with Crippen LogP contribution in [0.3, 0.4) is 0 Å². The van der Waals surface area contributed by atoms with Gasteiger partial charge in [-0.1, -0.05) is 17.7 Å². The topological polar surface area (TPSA) is 63.2 Å². The Morgan fingerprint density at radius 2 is 2.16 bits per heavy atom. The lowest BCUT2D eigenvalue weighted by molar-refractivity contribution is -0.141. The van der Waals surface area contributed by atoms with Crippen LogP contribution in [-0.2, 0) is 23.3 Å². The Morgan fingerprint density at radius 3 is 2.88 bits per heavy atom. The summed E-state index contributed by atoms with van der Waals surface area (Å²) in [6, 6.07) is 7.17. The number of carbonyl (C=O) groups is 1. The van der Waals surface area contributed by atoms with Crippen LogP contribution in [0.5, 0.6) is 5.75 Å². The minimum absolute atomic E-state index is 0.0251. The molecule has 6 unspecified atom stereocenters. The average molecular weight is 407 g/mol. The summed E-state index contributed by atoms with van der Waals surface area (Å²) in [5.74, 6) is 0.521. The van der Waals surface area contributed by atoms with Gasteiger partial charge in [0.05, 0.1) is 25.2 Å². The zero-order chi connectivity index (χ0) is 17.8. The Bertz CT molecular complexity index is 604. The van der Waals surface area contributed by atoms with Gasteiger partial charge in [-0.15, -0.1) is 0 Å². The molecule has 3 rings (SSSR count). The van der Waals surface area contributed by atoms with Crippen molar-refractivity contribution in [1.82, 2.24) is 0 Å². The van der Waals surface area contributed by atoms with Gasteiger partial charge in [0, 0.05) is 36.3 Å². The van der Waals surface area contributed by atoms with E-state index in [1.165, 1.54) is 0 Å². The molecule has 1 saturated heterocycles. The molecule has 1 heterocycles. The molecular formula is C16H21ClO6P2. The molecule has 25 heavy (non-hydrogen) atoms. The number of ether oxygens (including phenoxy) is 3. The Hall–Kier alpha value is -0.480. The number of hydrogen-bond donors (Lipinski definition) is 0. The van der Waals surface area contributed by atoms with E-state index in [0.717, 1.165) is 0 Å². The Balaban J connectivity index is 1.52. The second-order valence-electron chi connectivity index (χ2n) is 6.13. The standard InChI is InChI=1S/C16H21ClO6P2/c17-9-2-1-3-10(4-9)19-7-11(22-24)8-20-16-12-5-15(18)21-13(12)6-14(16)23-25/h1-4,11-14,16H,5-8,24-25H2/t11?,12-,13?,14?,16?/m0/s1. The third-order valence-electron chi connectivity index (χ3n) is 4.49. The summed E-state index contributed by atoms with van der Waals surface area (Å²) < 4.78 is 27.8. The van der Waals surface area contributed by atoms with Gasteiger partial charge >= 0.3 is 5.97 Å². The fourth-order valence-corrected chi connectivity index (χ4v) is 3.88. The number of esters is 1. The fraction of sp³-hybridized carbons (Fsp3) is 0.562. The Morgan fingerprint density at radius 1 is 1.32 bits per heavy atom. The van der Waals surface area contributed by atoms with Crippen LogP contribution in [-0.4, -0.2) is 43.6 Å². The number of carbonyl (C=O) groups excluding carboxylic acids is 1. The van der Waals surface area contributed by atoms with E-state index in [9.17, 15) is 4.79 Å². The van der Waals surface area contributed by atoms with Crippen LogP contribution in [0.25, 0.3) is 0 Å². The highest BCUT2D eigenvalue weighted by Gasteiger charge is 2.51. The van der Waals surface area contributed by atoms with E-state index >= 15 is 0 Å². The first-order valence-electron chi connectivity index (χ1n) is 8.01. The molecule has 0 aromatic heterocycles. The molecule has 1 aliphatic carbocycles. The molecule has 2 aliphatic rings. The van der Waals surface area contributed by atoms with Gasteiger partial charge in [-0.2, -0.15) is 0 Å². The van der Waals surface area contributed by atoms with E-state index < -0.39 is 0 Å². The van der Waals surface area contributed by atoms with Crippen LogP contribution in [0.2, 0.25) is 5.02 Å². The summed E-state index contributed by atoms with van der Waals surface area (Å²) in [4.78, 5) is 11.5. The summed E-state index contributed by atoms with van der Waals surface area (Å²) in [5.41, 5.74) is 0. The molecule has 0 bridgehead atoms. The van der Waals surface area contributed by atoms with Gasteiger partial charge in [-0.05, 0) is 18.2 Å². The second kappa shape index (κ2) is 8.94. The van der Waals surface area contributed by atoms with E-state index in [1.54, 1.807) is 12.1 Å². The van der Waals surface area contributed by atoms with Crippen molar-refractivity contribution in [3.8, 4) is 5.75 Å². The second-order valence-corrected chi connectivity index (χ2v) is 7.11. The van der Waals surface area contributed by atoms with Crippen LogP contribution in [0.4, 0.5) is 0 Å². The molecule has 1 aromatic carbocycles. The highest BCUT2D eigenvalue weighted by Crippen LogP contribution is 2.40. The summed E-state index contributed by atoms with van der Waals surface area (Å²) in [5, 5.41) is 0.612. The maximum Gasteiger partial charge on any atom is 0.306 e. The number of halogens is 1. The first-order chi connectivity index (χ1) is 12.1. The third kappa shape index (κ3) is 4.82. The average Bonchev–Trinajstić information content (AvgIpc) is 3.11. The molecule has 0 radical (unpaired) electrons. The zero-order valence-electron chi connectivity index (χ0n) is 13.5. The van der Waals surface area contributed by atoms with Crippen LogP contribution in [0, 0.1) is 5.92 Å². The largest absolute Gasteiger partial charge is 0.491 e. The third-order valence-corrected chi connectivity index (χ3v) is 5.46. The minimum atomic E-state index is -0.286. The summed E-state index contributed by atoms with van der Waals surface area (Å²) in [6.07, 6.45) is 0.281. The molecule has 138 valence electrons. The van der Waals surface area contributed by atoms with E-state index in [-0.39, 0.29) is 36.3 Å². The molecule has 6 nitrogen and oxygen atoms in total. The quantitative estimate of drug-likeness (QED) is 0.488. The van der Waals surface area contributed by atoms with E-state index in [1.807, 2.05) is 12.1 Å². The van der Waals surface area contributed by atoms with Crippen LogP contribution in [0.1, 0.15) is 12.8 Å². The van der Waals surface area contributed by atoms with E-state index in [2.05, 4.69) is 18.9 Å². The van der Waals surface area contributed by atoms with Crippen molar-refractivity contribution in [2.75, 3.05) is 13.2 Å². The first-order valence-corrected chi connectivity index (χ1v) is 9.33. The van der Waals surface area contributed by atoms with Gasteiger partial charge in [0.25, 0.3) is 0 Å². The molecule has 0 spiro atoms. The lowest BCUT2D eigenvalue weighted by Gasteiger charge is -2.24. The molecule has 2 fully saturated rings. The van der Waals surface area contributed by atoms with Gasteiger partial charge in [0.15, 0.2) is 0 Å². The van der Waals surface area contributed by atoms with Crippen molar-refractivity contribution in [3.05, 3.63) is 29.3 Å². The lowest BCUT2D eigenvalue weighted by atomic mass is 10.0. The van der Waals surface area contributed by atoms with Crippen LogP contribution < -0.4 is 4.74 Å². The van der Waals surface area contributed by atoms with Crippen molar-refractivity contribution >= 4 is 36.5 Å². The SMILES string of the molecule is O=C1C[C@H]2C(CC(OP)C2OCC(COc2cccc(Cl)c2)OP)O1. The number of hydrogen-bond acceptors (Lipinski definition) is 6. The molecular weight excluding hydrogens is 386 g/mol. The summed E-state index contributed by atoms with van der Waals surface area (Å²) in [6.45, 7) is 0.628. The van der Waals surface area contributed by atoms with Gasteiger partial charge < -0.3 is 23.3 Å². The zero-order valence-corrected chi connectivity index (χ0v) is 16.6. The van der Waals surface area contributed by atoms with Crippen molar-refractivity contribution in [3.63, 3.8) is 0 Å². The Kier molecular flexibility index (Phi) is 6.90. The highest BCUT2D eigenvalue weighted by molar-refractivity contribution is 7.10. The van der Waals surface area contributed by atoms with Crippen molar-refractivity contribution in [2.24, 2.45) is 5.92 Å². The summed E-state index contributed by atoms with van der Waals surface area (Å²) >= 11 is 5.94. The molecule has 1 aromatic rings. The van der Waals surface area contributed by atoms with Gasteiger partial charge in [-0.25, -0.2) is 0 Å². The number of rotatable bonds is 8. The van der Waals surface area contributed by atoms with Crippen LogP contribution >= 0.6 is 30.5 Å².